The molecule has 1 atom stereocenters. The third-order valence-corrected chi connectivity index (χ3v) is 6.09. The number of halogens is 1. The van der Waals surface area contributed by atoms with Crippen molar-refractivity contribution in [1.82, 2.24) is 0 Å². The van der Waals surface area contributed by atoms with E-state index < -0.39 is 0 Å². The average Bonchev–Trinajstić information content (AvgIpc) is 2.79. The van der Waals surface area contributed by atoms with Gasteiger partial charge in [-0.2, -0.15) is 0 Å². The lowest BCUT2D eigenvalue weighted by Crippen LogP contribution is -2.12. The van der Waals surface area contributed by atoms with Crippen molar-refractivity contribution in [2.24, 2.45) is 5.73 Å². The first-order valence-corrected chi connectivity index (χ1v) is 12.5. The molecule has 0 fully saturated rings. The Labute approximate surface area is 189 Å². The second-order valence-electron chi connectivity index (χ2n) is 8.86. The number of anilines is 1. The van der Waals surface area contributed by atoms with Crippen LogP contribution in [0.1, 0.15) is 101 Å². The van der Waals surface area contributed by atoms with Gasteiger partial charge in [0.15, 0.2) is 0 Å². The van der Waals surface area contributed by atoms with Gasteiger partial charge >= 0.3 is 0 Å². The number of aryl methyl sites for hydroxylation is 1. The first-order valence-electron chi connectivity index (χ1n) is 12.5. The molecule has 0 amide bonds. The Morgan fingerprint density at radius 2 is 1.32 bits per heavy atom. The molecule has 0 saturated heterocycles. The van der Waals surface area contributed by atoms with Crippen LogP contribution in [0, 0.1) is 5.82 Å². The molecule has 0 spiro atoms. The molecule has 0 radical (unpaired) electrons. The van der Waals surface area contributed by atoms with Gasteiger partial charge in [0.25, 0.3) is 0 Å². The molecule has 1 unspecified atom stereocenters. The molecule has 0 aromatic heterocycles. The standard InChI is InChI=1S/C28H43FN2/c1-2-3-4-5-6-7-8-9-10-11-13-24-15-21-27(22-16-24)31-23-12-14-28(30)25-17-19-26(29)20-18-25/h15-22,28,31H,2-14,23,30H2,1H3. The summed E-state index contributed by atoms with van der Waals surface area (Å²) in [6.07, 6.45) is 16.9. The third kappa shape index (κ3) is 11.4. The number of hydrogen-bond acceptors (Lipinski definition) is 2. The van der Waals surface area contributed by atoms with Gasteiger partial charge in [-0.25, -0.2) is 4.39 Å². The van der Waals surface area contributed by atoms with Crippen LogP contribution in [-0.2, 0) is 6.42 Å². The maximum atomic E-state index is 13.0. The molecule has 3 heteroatoms. The van der Waals surface area contributed by atoms with Crippen LogP contribution in [0.15, 0.2) is 48.5 Å². The van der Waals surface area contributed by atoms with E-state index in [-0.39, 0.29) is 11.9 Å². The Morgan fingerprint density at radius 1 is 0.742 bits per heavy atom. The molecule has 0 aliphatic heterocycles. The second-order valence-corrected chi connectivity index (χ2v) is 8.86. The second kappa shape index (κ2) is 15.9. The van der Waals surface area contributed by atoms with Gasteiger partial charge in [-0.3, -0.25) is 0 Å². The maximum Gasteiger partial charge on any atom is 0.123 e. The molecule has 0 aliphatic rings. The van der Waals surface area contributed by atoms with Gasteiger partial charge in [0.2, 0.25) is 0 Å². The molecule has 2 rings (SSSR count). The van der Waals surface area contributed by atoms with Crippen molar-refractivity contribution >= 4 is 5.69 Å². The highest BCUT2D eigenvalue weighted by Crippen LogP contribution is 2.17. The van der Waals surface area contributed by atoms with Crippen molar-refractivity contribution < 1.29 is 4.39 Å². The molecule has 0 bridgehead atoms. The SMILES string of the molecule is CCCCCCCCCCCCc1ccc(NCCCC(N)c2ccc(F)cc2)cc1. The number of benzene rings is 2. The predicted molar refractivity (Wildman–Crippen MR) is 133 cm³/mol. The molecular formula is C28H43FN2. The smallest absolute Gasteiger partial charge is 0.123 e. The summed E-state index contributed by atoms with van der Waals surface area (Å²) in [5, 5.41) is 3.48. The summed E-state index contributed by atoms with van der Waals surface area (Å²) in [6, 6.07) is 15.3. The van der Waals surface area contributed by atoms with Crippen molar-refractivity contribution in [3.63, 3.8) is 0 Å². The summed E-state index contributed by atoms with van der Waals surface area (Å²) in [5.41, 5.74) is 9.80. The Morgan fingerprint density at radius 3 is 1.94 bits per heavy atom. The van der Waals surface area contributed by atoms with E-state index in [1.54, 1.807) is 12.1 Å². The fraction of sp³-hybridized carbons (Fsp3) is 0.571. The lowest BCUT2D eigenvalue weighted by atomic mass is 10.0. The number of hydrogen-bond donors (Lipinski definition) is 2. The molecule has 31 heavy (non-hydrogen) atoms. The minimum Gasteiger partial charge on any atom is -0.385 e. The molecule has 0 saturated carbocycles. The summed E-state index contributed by atoms with van der Waals surface area (Å²) in [5.74, 6) is -0.214. The first kappa shape index (κ1) is 25.4. The van der Waals surface area contributed by atoms with Crippen molar-refractivity contribution in [3.8, 4) is 0 Å². The summed E-state index contributed by atoms with van der Waals surface area (Å²) < 4.78 is 13.0. The average molecular weight is 427 g/mol. The molecule has 0 aliphatic carbocycles. The Bertz CT molecular complexity index is 681. The van der Waals surface area contributed by atoms with E-state index in [2.05, 4.69) is 36.5 Å². The van der Waals surface area contributed by atoms with Gasteiger partial charge in [-0.05, 0) is 61.1 Å². The minimum absolute atomic E-state index is 0.0363. The number of unbranched alkanes of at least 4 members (excludes halogenated alkanes) is 9. The van der Waals surface area contributed by atoms with Crippen molar-refractivity contribution in [2.45, 2.75) is 96.4 Å². The molecule has 3 N–H and O–H groups in total. The van der Waals surface area contributed by atoms with Crippen LogP contribution in [0.4, 0.5) is 10.1 Å². The zero-order valence-corrected chi connectivity index (χ0v) is 19.6. The van der Waals surface area contributed by atoms with Crippen LogP contribution < -0.4 is 11.1 Å². The summed E-state index contributed by atoms with van der Waals surface area (Å²) in [6.45, 7) is 3.17. The monoisotopic (exact) mass is 426 g/mol. The molecule has 0 heterocycles. The quantitative estimate of drug-likeness (QED) is 0.250. The van der Waals surface area contributed by atoms with Gasteiger partial charge in [0, 0.05) is 18.3 Å². The van der Waals surface area contributed by atoms with E-state index in [4.69, 9.17) is 5.73 Å². The van der Waals surface area contributed by atoms with Gasteiger partial charge in [-0.15, -0.1) is 0 Å². The van der Waals surface area contributed by atoms with Gasteiger partial charge in [-0.1, -0.05) is 89.0 Å². The van der Waals surface area contributed by atoms with Crippen LogP contribution in [-0.4, -0.2) is 6.54 Å². The first-order chi connectivity index (χ1) is 15.2. The Hall–Kier alpha value is -1.87. The minimum atomic E-state index is -0.214. The van der Waals surface area contributed by atoms with E-state index >= 15 is 0 Å². The molecule has 172 valence electrons. The topological polar surface area (TPSA) is 38.0 Å². The van der Waals surface area contributed by atoms with E-state index in [1.165, 1.54) is 94.0 Å². The van der Waals surface area contributed by atoms with Crippen LogP contribution in [0.3, 0.4) is 0 Å². The fourth-order valence-corrected chi connectivity index (χ4v) is 4.04. The van der Waals surface area contributed by atoms with E-state index in [0.29, 0.717) is 0 Å². The number of nitrogens with two attached hydrogens (primary N) is 1. The Balaban J connectivity index is 1.50. The van der Waals surface area contributed by atoms with E-state index in [9.17, 15) is 4.39 Å². The van der Waals surface area contributed by atoms with E-state index in [1.807, 2.05) is 0 Å². The van der Waals surface area contributed by atoms with Crippen molar-refractivity contribution in [1.29, 1.82) is 0 Å². The highest BCUT2D eigenvalue weighted by Gasteiger charge is 2.05. The van der Waals surface area contributed by atoms with Crippen molar-refractivity contribution in [3.05, 3.63) is 65.5 Å². The maximum absolute atomic E-state index is 13.0. The molecular weight excluding hydrogens is 383 g/mol. The van der Waals surface area contributed by atoms with Crippen LogP contribution in [0.25, 0.3) is 0 Å². The third-order valence-electron chi connectivity index (χ3n) is 6.09. The van der Waals surface area contributed by atoms with E-state index in [0.717, 1.165) is 24.9 Å². The van der Waals surface area contributed by atoms with Crippen LogP contribution in [0.5, 0.6) is 0 Å². The largest absolute Gasteiger partial charge is 0.385 e. The highest BCUT2D eigenvalue weighted by molar-refractivity contribution is 5.44. The fourth-order valence-electron chi connectivity index (χ4n) is 4.04. The normalized spacial score (nSPS) is 12.1. The molecule has 2 nitrogen and oxygen atoms in total. The van der Waals surface area contributed by atoms with Crippen molar-refractivity contribution in [2.75, 3.05) is 11.9 Å². The number of nitrogens with one attached hydrogen (secondary N) is 1. The summed E-state index contributed by atoms with van der Waals surface area (Å²) >= 11 is 0. The summed E-state index contributed by atoms with van der Waals surface area (Å²) in [4.78, 5) is 0. The van der Waals surface area contributed by atoms with Gasteiger partial charge < -0.3 is 11.1 Å². The molecule has 2 aromatic rings. The zero-order chi connectivity index (χ0) is 22.2. The lowest BCUT2D eigenvalue weighted by Gasteiger charge is -2.13. The lowest BCUT2D eigenvalue weighted by molar-refractivity contribution is 0.556. The molecule has 2 aromatic carbocycles. The zero-order valence-electron chi connectivity index (χ0n) is 19.6. The van der Waals surface area contributed by atoms with Crippen LogP contribution >= 0.6 is 0 Å². The Kier molecular flexibility index (Phi) is 13.0. The van der Waals surface area contributed by atoms with Crippen LogP contribution in [0.2, 0.25) is 0 Å². The van der Waals surface area contributed by atoms with Gasteiger partial charge in [0.05, 0.1) is 0 Å². The summed E-state index contributed by atoms with van der Waals surface area (Å²) in [7, 11) is 0. The predicted octanol–water partition coefficient (Wildman–Crippen LogP) is 8.18. The highest BCUT2D eigenvalue weighted by atomic mass is 19.1. The number of rotatable bonds is 17. The van der Waals surface area contributed by atoms with Gasteiger partial charge in [0.1, 0.15) is 5.82 Å².